The molecule has 1 atom stereocenters. The summed E-state index contributed by atoms with van der Waals surface area (Å²) in [4.78, 5) is 10.8. The molecule has 1 N–H and O–H groups in total. The van der Waals surface area contributed by atoms with Gasteiger partial charge in [-0.05, 0) is 24.7 Å². The van der Waals surface area contributed by atoms with Crippen molar-refractivity contribution in [3.05, 3.63) is 0 Å². The van der Waals surface area contributed by atoms with E-state index in [0.717, 1.165) is 12.8 Å². The lowest BCUT2D eigenvalue weighted by atomic mass is 9.93. The highest BCUT2D eigenvalue weighted by molar-refractivity contribution is 5.65. The molecule has 0 aliphatic rings. The number of methoxy groups -OCH3 is 1. The molecule has 0 aromatic heterocycles. The summed E-state index contributed by atoms with van der Waals surface area (Å²) in [5, 5.41) is 9.75. The van der Waals surface area contributed by atoms with Crippen LogP contribution in [-0.2, 0) is 4.74 Å². The lowest BCUT2D eigenvalue weighted by molar-refractivity contribution is -0.0704. The van der Waals surface area contributed by atoms with Crippen molar-refractivity contribution in [3.8, 4) is 0 Å². The molecule has 1 unspecified atom stereocenters. The predicted molar refractivity (Wildman–Crippen MR) is 54.1 cm³/mol. The van der Waals surface area contributed by atoms with Gasteiger partial charge in [-0.3, -0.25) is 5.21 Å². The van der Waals surface area contributed by atoms with Crippen LogP contribution in [0.2, 0.25) is 0 Å². The number of hydrogen-bond acceptors (Lipinski definition) is 3. The quantitative estimate of drug-likeness (QED) is 0.551. The Bertz CT molecular complexity index is 171. The minimum atomic E-state index is -0.692. The number of ether oxygens (including phenoxy) is 1. The minimum absolute atomic E-state index is 0.337. The summed E-state index contributed by atoms with van der Waals surface area (Å²) in [7, 11) is 1.25. The van der Waals surface area contributed by atoms with Crippen LogP contribution in [0, 0.1) is 11.8 Å². The molecular formula is C10H21NO3. The molecule has 0 spiro atoms. The van der Waals surface area contributed by atoms with Crippen molar-refractivity contribution in [2.75, 3.05) is 13.7 Å². The van der Waals surface area contributed by atoms with Crippen molar-refractivity contribution >= 4 is 6.09 Å². The number of rotatable bonds is 5. The molecule has 1 amide bonds. The lowest BCUT2D eigenvalue weighted by Crippen LogP contribution is -2.28. The standard InChI is InChI=1S/C10H21NO3/c1-8(2)9(3)6-5-7-11(13)10(12)14-4/h8-9,13H,5-7H2,1-4H3. The fraction of sp³-hybridized carbons (Fsp3) is 0.900. The van der Waals surface area contributed by atoms with E-state index in [1.54, 1.807) is 0 Å². The molecule has 84 valence electrons. The van der Waals surface area contributed by atoms with E-state index in [1.807, 2.05) is 0 Å². The third kappa shape index (κ3) is 5.07. The van der Waals surface area contributed by atoms with E-state index < -0.39 is 6.09 Å². The second kappa shape index (κ2) is 6.65. The van der Waals surface area contributed by atoms with Gasteiger partial charge in [0.1, 0.15) is 0 Å². The molecular weight excluding hydrogens is 182 g/mol. The van der Waals surface area contributed by atoms with Crippen molar-refractivity contribution in [2.24, 2.45) is 11.8 Å². The summed E-state index contributed by atoms with van der Waals surface area (Å²) < 4.78 is 4.35. The maximum absolute atomic E-state index is 10.8. The van der Waals surface area contributed by atoms with Gasteiger partial charge < -0.3 is 4.74 Å². The van der Waals surface area contributed by atoms with Gasteiger partial charge in [-0.15, -0.1) is 0 Å². The lowest BCUT2D eigenvalue weighted by Gasteiger charge is -2.17. The van der Waals surface area contributed by atoms with Gasteiger partial charge in [0.15, 0.2) is 0 Å². The number of hydroxylamine groups is 2. The Kier molecular flexibility index (Phi) is 6.28. The zero-order valence-corrected chi connectivity index (χ0v) is 9.49. The summed E-state index contributed by atoms with van der Waals surface area (Å²) in [6.45, 7) is 6.84. The first-order valence-electron chi connectivity index (χ1n) is 5.03. The topological polar surface area (TPSA) is 49.8 Å². The third-order valence-corrected chi connectivity index (χ3v) is 2.55. The molecule has 0 aliphatic heterocycles. The van der Waals surface area contributed by atoms with Crippen molar-refractivity contribution in [3.63, 3.8) is 0 Å². The summed E-state index contributed by atoms with van der Waals surface area (Å²) in [6.07, 6.45) is 1.11. The molecule has 4 heteroatoms. The summed E-state index contributed by atoms with van der Waals surface area (Å²) >= 11 is 0. The van der Waals surface area contributed by atoms with E-state index in [-0.39, 0.29) is 0 Å². The van der Waals surface area contributed by atoms with Crippen LogP contribution in [0.15, 0.2) is 0 Å². The van der Waals surface area contributed by atoms with E-state index >= 15 is 0 Å². The highest BCUT2D eigenvalue weighted by atomic mass is 16.6. The first-order chi connectivity index (χ1) is 6.49. The van der Waals surface area contributed by atoms with Crippen LogP contribution in [0.1, 0.15) is 33.6 Å². The number of hydrogen-bond donors (Lipinski definition) is 1. The van der Waals surface area contributed by atoms with E-state index in [4.69, 9.17) is 5.21 Å². The van der Waals surface area contributed by atoms with Gasteiger partial charge >= 0.3 is 6.09 Å². The van der Waals surface area contributed by atoms with Gasteiger partial charge in [0.05, 0.1) is 13.7 Å². The van der Waals surface area contributed by atoms with Crippen LogP contribution < -0.4 is 0 Å². The second-order valence-electron chi connectivity index (χ2n) is 3.96. The molecule has 0 heterocycles. The monoisotopic (exact) mass is 203 g/mol. The predicted octanol–water partition coefficient (Wildman–Crippen LogP) is 2.52. The van der Waals surface area contributed by atoms with Gasteiger partial charge in [-0.25, -0.2) is 4.79 Å². The second-order valence-corrected chi connectivity index (χ2v) is 3.96. The van der Waals surface area contributed by atoms with E-state index in [1.165, 1.54) is 7.11 Å². The fourth-order valence-corrected chi connectivity index (χ4v) is 1.09. The average molecular weight is 203 g/mol. The molecule has 0 fully saturated rings. The Morgan fingerprint density at radius 3 is 2.43 bits per heavy atom. The number of nitrogens with zero attached hydrogens (tertiary/aromatic N) is 1. The minimum Gasteiger partial charge on any atom is -0.451 e. The van der Waals surface area contributed by atoms with Crippen LogP contribution >= 0.6 is 0 Å². The molecule has 0 aromatic rings. The normalized spacial score (nSPS) is 12.7. The average Bonchev–Trinajstić information content (AvgIpc) is 2.15. The molecule has 0 bridgehead atoms. The summed E-state index contributed by atoms with van der Waals surface area (Å²) in [5.74, 6) is 1.25. The van der Waals surface area contributed by atoms with Gasteiger partial charge in [-0.1, -0.05) is 20.8 Å². The van der Waals surface area contributed by atoms with Crippen molar-refractivity contribution in [1.82, 2.24) is 5.06 Å². The number of carbonyl (C=O) groups is 1. The largest absolute Gasteiger partial charge is 0.451 e. The summed E-state index contributed by atoms with van der Waals surface area (Å²) in [5.41, 5.74) is 0. The fourth-order valence-electron chi connectivity index (χ4n) is 1.09. The molecule has 0 aromatic carbocycles. The van der Waals surface area contributed by atoms with Crippen LogP contribution in [0.5, 0.6) is 0 Å². The van der Waals surface area contributed by atoms with E-state index in [9.17, 15) is 4.79 Å². The Morgan fingerprint density at radius 1 is 1.43 bits per heavy atom. The maximum atomic E-state index is 10.8. The van der Waals surface area contributed by atoms with Crippen LogP contribution in [0.4, 0.5) is 4.79 Å². The first kappa shape index (κ1) is 13.2. The van der Waals surface area contributed by atoms with Gasteiger partial charge in [0, 0.05) is 0 Å². The van der Waals surface area contributed by atoms with E-state index in [0.29, 0.717) is 23.4 Å². The van der Waals surface area contributed by atoms with Crippen LogP contribution in [0.3, 0.4) is 0 Å². The highest BCUT2D eigenvalue weighted by Gasteiger charge is 2.11. The smallest absolute Gasteiger partial charge is 0.433 e. The van der Waals surface area contributed by atoms with Gasteiger partial charge in [-0.2, -0.15) is 5.06 Å². The number of amides is 1. The van der Waals surface area contributed by atoms with Crippen molar-refractivity contribution in [2.45, 2.75) is 33.6 Å². The number of carbonyl (C=O) groups excluding carboxylic acids is 1. The molecule has 0 rings (SSSR count). The zero-order valence-electron chi connectivity index (χ0n) is 9.49. The molecule has 0 aliphatic carbocycles. The molecule has 0 saturated heterocycles. The molecule has 0 saturated carbocycles. The Morgan fingerprint density at radius 2 is 2.00 bits per heavy atom. The Labute approximate surface area is 85.8 Å². The summed E-state index contributed by atoms with van der Waals surface area (Å²) in [6, 6.07) is 0. The van der Waals surface area contributed by atoms with Gasteiger partial charge in [0.25, 0.3) is 0 Å². The van der Waals surface area contributed by atoms with Crippen molar-refractivity contribution < 1.29 is 14.7 Å². The molecule has 4 nitrogen and oxygen atoms in total. The molecule has 14 heavy (non-hydrogen) atoms. The third-order valence-electron chi connectivity index (χ3n) is 2.55. The molecule has 0 radical (unpaired) electrons. The van der Waals surface area contributed by atoms with Gasteiger partial charge in [0.2, 0.25) is 0 Å². The first-order valence-corrected chi connectivity index (χ1v) is 5.03. The zero-order chi connectivity index (χ0) is 11.1. The SMILES string of the molecule is COC(=O)N(O)CCCC(C)C(C)C. The Hall–Kier alpha value is -0.770. The van der Waals surface area contributed by atoms with Crippen molar-refractivity contribution in [1.29, 1.82) is 0 Å². The van der Waals surface area contributed by atoms with E-state index in [2.05, 4.69) is 25.5 Å². The highest BCUT2D eigenvalue weighted by Crippen LogP contribution is 2.15. The maximum Gasteiger partial charge on any atom is 0.433 e. The Balaban J connectivity index is 3.58. The van der Waals surface area contributed by atoms with Crippen LogP contribution in [-0.4, -0.2) is 30.0 Å². The van der Waals surface area contributed by atoms with Crippen LogP contribution in [0.25, 0.3) is 0 Å².